The van der Waals surface area contributed by atoms with Crippen LogP contribution in [0, 0.1) is 16.7 Å². The molecular weight excluding hydrogens is 492 g/mol. The molecule has 4 rings (SSSR count). The number of amides is 3. The van der Waals surface area contributed by atoms with E-state index in [9.17, 15) is 14.4 Å². The van der Waals surface area contributed by atoms with Gasteiger partial charge < -0.3 is 25.3 Å². The highest BCUT2D eigenvalue weighted by Crippen LogP contribution is 2.30. The molecule has 0 aromatic heterocycles. The van der Waals surface area contributed by atoms with Crippen molar-refractivity contribution in [3.05, 3.63) is 59.2 Å². The zero-order valence-corrected chi connectivity index (χ0v) is 23.1. The molecule has 2 aromatic carbocycles. The maximum absolute atomic E-state index is 13.2. The van der Waals surface area contributed by atoms with E-state index in [0.717, 1.165) is 25.2 Å². The van der Waals surface area contributed by atoms with Crippen molar-refractivity contribution in [3.63, 3.8) is 0 Å². The van der Waals surface area contributed by atoms with Crippen molar-refractivity contribution >= 4 is 29.1 Å². The topological polar surface area (TPSA) is 109 Å². The Morgan fingerprint density at radius 1 is 0.872 bits per heavy atom. The molecule has 0 radical (unpaired) electrons. The number of benzene rings is 2. The molecule has 0 spiro atoms. The van der Waals surface area contributed by atoms with E-state index in [1.165, 1.54) is 0 Å². The minimum Gasteiger partial charge on any atom is -0.368 e. The van der Waals surface area contributed by atoms with Crippen molar-refractivity contribution in [1.29, 1.82) is 5.26 Å². The highest BCUT2D eigenvalue weighted by Gasteiger charge is 2.25. The first-order valence-corrected chi connectivity index (χ1v) is 13.6. The van der Waals surface area contributed by atoms with E-state index in [-0.39, 0.29) is 23.1 Å². The fourth-order valence-electron chi connectivity index (χ4n) is 5.00. The lowest BCUT2D eigenvalue weighted by molar-refractivity contribution is -0.117. The molecule has 0 bridgehead atoms. The largest absolute Gasteiger partial charge is 0.368 e. The summed E-state index contributed by atoms with van der Waals surface area (Å²) in [6.45, 7) is 11.3. The van der Waals surface area contributed by atoms with Crippen LogP contribution in [0.15, 0.2) is 42.5 Å². The molecule has 0 unspecified atom stereocenters. The van der Waals surface area contributed by atoms with Crippen molar-refractivity contribution in [1.82, 2.24) is 15.1 Å². The van der Waals surface area contributed by atoms with Gasteiger partial charge in [-0.25, -0.2) is 0 Å². The molecule has 2 heterocycles. The van der Waals surface area contributed by atoms with Crippen LogP contribution in [0.1, 0.15) is 59.9 Å². The second-order valence-corrected chi connectivity index (χ2v) is 11.4. The number of anilines is 2. The van der Waals surface area contributed by atoms with Crippen LogP contribution in [0.2, 0.25) is 0 Å². The van der Waals surface area contributed by atoms with Crippen LogP contribution in [0.3, 0.4) is 0 Å². The Bertz CT molecular complexity index is 1240. The number of carbonyl (C=O) groups excluding carboxylic acids is 3. The van der Waals surface area contributed by atoms with E-state index in [2.05, 4.69) is 21.6 Å². The van der Waals surface area contributed by atoms with E-state index in [1.54, 1.807) is 30.3 Å². The third kappa shape index (κ3) is 7.36. The Morgan fingerprint density at radius 2 is 1.51 bits per heavy atom. The molecule has 39 heavy (non-hydrogen) atoms. The number of hydrogen-bond acceptors (Lipinski definition) is 6. The summed E-state index contributed by atoms with van der Waals surface area (Å²) in [5.41, 5.74) is 2.94. The summed E-state index contributed by atoms with van der Waals surface area (Å²) in [6.07, 6.45) is 1.12. The van der Waals surface area contributed by atoms with E-state index < -0.39 is 0 Å². The van der Waals surface area contributed by atoms with Crippen molar-refractivity contribution in [2.24, 2.45) is 5.41 Å². The number of nitrogens with zero attached hydrogens (tertiary/aromatic N) is 4. The molecule has 0 aliphatic carbocycles. The van der Waals surface area contributed by atoms with Gasteiger partial charge in [0, 0.05) is 69.9 Å². The highest BCUT2D eigenvalue weighted by atomic mass is 16.2. The van der Waals surface area contributed by atoms with E-state index in [1.807, 2.05) is 42.7 Å². The third-order valence-corrected chi connectivity index (χ3v) is 7.00. The molecule has 0 atom stereocenters. The van der Waals surface area contributed by atoms with Crippen LogP contribution >= 0.6 is 0 Å². The summed E-state index contributed by atoms with van der Waals surface area (Å²) in [6, 6.07) is 14.3. The second kappa shape index (κ2) is 12.3. The van der Waals surface area contributed by atoms with Gasteiger partial charge in [-0.15, -0.1) is 0 Å². The average Bonchev–Trinajstić information content (AvgIpc) is 3.18. The summed E-state index contributed by atoms with van der Waals surface area (Å²) in [5, 5.41) is 15.4. The summed E-state index contributed by atoms with van der Waals surface area (Å²) >= 11 is 0. The van der Waals surface area contributed by atoms with Gasteiger partial charge in [0.25, 0.3) is 11.8 Å². The van der Waals surface area contributed by atoms with Gasteiger partial charge in [0.05, 0.1) is 23.0 Å². The molecule has 9 nitrogen and oxygen atoms in total. The maximum Gasteiger partial charge on any atom is 0.254 e. The smallest absolute Gasteiger partial charge is 0.254 e. The monoisotopic (exact) mass is 530 g/mol. The van der Waals surface area contributed by atoms with Crippen LogP contribution in [0.4, 0.5) is 11.4 Å². The summed E-state index contributed by atoms with van der Waals surface area (Å²) in [4.78, 5) is 45.1. The van der Waals surface area contributed by atoms with Gasteiger partial charge in [0.15, 0.2) is 0 Å². The van der Waals surface area contributed by atoms with Crippen LogP contribution in [-0.4, -0.2) is 79.9 Å². The van der Waals surface area contributed by atoms with Crippen molar-refractivity contribution in [2.45, 2.75) is 33.6 Å². The quantitative estimate of drug-likeness (QED) is 0.614. The SMILES string of the molecule is CC(C)(C)CC(=O)Nc1cc(C(=O)N2CCNCC2)ccc1N1CCCN(C(=O)c2ccc(C#N)cc2)CC1. The van der Waals surface area contributed by atoms with E-state index in [4.69, 9.17) is 5.26 Å². The number of hydrogen-bond donors (Lipinski definition) is 2. The molecule has 2 fully saturated rings. The third-order valence-electron chi connectivity index (χ3n) is 7.00. The zero-order valence-electron chi connectivity index (χ0n) is 23.1. The molecular formula is C30H38N6O3. The van der Waals surface area contributed by atoms with Gasteiger partial charge in [0.2, 0.25) is 5.91 Å². The predicted molar refractivity (Wildman–Crippen MR) is 152 cm³/mol. The Kier molecular flexibility index (Phi) is 8.87. The molecule has 2 aliphatic heterocycles. The predicted octanol–water partition coefficient (Wildman–Crippen LogP) is 3.33. The Labute approximate surface area is 230 Å². The van der Waals surface area contributed by atoms with E-state index >= 15 is 0 Å². The van der Waals surface area contributed by atoms with Crippen LogP contribution in [0.5, 0.6) is 0 Å². The first-order valence-electron chi connectivity index (χ1n) is 13.6. The van der Waals surface area contributed by atoms with Gasteiger partial charge in [-0.05, 0) is 54.3 Å². The summed E-state index contributed by atoms with van der Waals surface area (Å²) < 4.78 is 0. The second-order valence-electron chi connectivity index (χ2n) is 11.4. The standard InChI is InChI=1S/C30H38N6O3/c1-30(2,3)20-27(37)33-25-19-24(29(39)36-15-11-32-12-16-36)9-10-26(25)34-13-4-14-35(18-17-34)28(38)23-7-5-22(21-31)6-8-23/h5-10,19,32H,4,11-18,20H2,1-3H3,(H,33,37). The molecule has 3 amide bonds. The minimum absolute atomic E-state index is 0.0376. The van der Waals surface area contributed by atoms with Crippen LogP contribution < -0.4 is 15.5 Å². The minimum atomic E-state index is -0.173. The Hall–Kier alpha value is -3.90. The normalized spacial score (nSPS) is 16.3. The highest BCUT2D eigenvalue weighted by molar-refractivity contribution is 6.00. The molecule has 2 saturated heterocycles. The average molecular weight is 531 g/mol. The summed E-state index contributed by atoms with van der Waals surface area (Å²) in [5.74, 6) is -0.190. The Morgan fingerprint density at radius 3 is 2.18 bits per heavy atom. The molecule has 9 heteroatoms. The lowest BCUT2D eigenvalue weighted by atomic mass is 9.92. The molecule has 0 saturated carbocycles. The fraction of sp³-hybridized carbons (Fsp3) is 0.467. The van der Waals surface area contributed by atoms with Gasteiger partial charge >= 0.3 is 0 Å². The van der Waals surface area contributed by atoms with Gasteiger partial charge in [-0.3, -0.25) is 14.4 Å². The molecule has 2 aliphatic rings. The van der Waals surface area contributed by atoms with Crippen molar-refractivity contribution in [2.75, 3.05) is 62.6 Å². The number of carbonyl (C=O) groups is 3. The lowest BCUT2D eigenvalue weighted by Gasteiger charge is -2.29. The first-order chi connectivity index (χ1) is 18.6. The number of nitriles is 1. The van der Waals surface area contributed by atoms with Crippen LogP contribution in [-0.2, 0) is 4.79 Å². The molecule has 2 aromatic rings. The number of nitrogens with one attached hydrogen (secondary N) is 2. The van der Waals surface area contributed by atoms with Crippen molar-refractivity contribution < 1.29 is 14.4 Å². The zero-order chi connectivity index (χ0) is 28.0. The first kappa shape index (κ1) is 28.1. The molecule has 206 valence electrons. The van der Waals surface area contributed by atoms with Gasteiger partial charge in [-0.2, -0.15) is 5.26 Å². The maximum atomic E-state index is 13.2. The number of rotatable bonds is 5. The molecule has 2 N–H and O–H groups in total. The van der Waals surface area contributed by atoms with Crippen LogP contribution in [0.25, 0.3) is 0 Å². The lowest BCUT2D eigenvalue weighted by Crippen LogP contribution is -2.46. The summed E-state index contributed by atoms with van der Waals surface area (Å²) in [7, 11) is 0. The number of piperazine rings is 1. The fourth-order valence-corrected chi connectivity index (χ4v) is 5.00. The Balaban J connectivity index is 1.54. The van der Waals surface area contributed by atoms with Crippen molar-refractivity contribution in [3.8, 4) is 6.07 Å². The van der Waals surface area contributed by atoms with E-state index in [0.29, 0.717) is 68.1 Å². The van der Waals surface area contributed by atoms with Gasteiger partial charge in [-0.1, -0.05) is 20.8 Å². The van der Waals surface area contributed by atoms with Gasteiger partial charge in [0.1, 0.15) is 0 Å².